The third-order valence-electron chi connectivity index (χ3n) is 5.95. The molecule has 4 unspecified atom stereocenters. The highest BCUT2D eigenvalue weighted by Gasteiger charge is 2.51. The molecule has 0 spiro atoms. The van der Waals surface area contributed by atoms with E-state index < -0.39 is 14.0 Å². The van der Waals surface area contributed by atoms with Crippen molar-refractivity contribution in [2.45, 2.75) is 89.9 Å². The first-order chi connectivity index (χ1) is 9.21. The first-order valence-electron chi connectivity index (χ1n) is 8.13. The summed E-state index contributed by atoms with van der Waals surface area (Å²) in [6.07, 6.45) is 3.41. The third kappa shape index (κ3) is 3.36. The van der Waals surface area contributed by atoms with Crippen molar-refractivity contribution in [3.8, 4) is 0 Å². The first-order valence-corrected chi connectivity index (χ1v) is 10.4. The molecule has 118 valence electrons. The summed E-state index contributed by atoms with van der Waals surface area (Å²) in [7, 11) is -1.82. The lowest BCUT2D eigenvalue weighted by atomic mass is 10.2. The highest BCUT2D eigenvalue weighted by atomic mass is 28.3. The van der Waals surface area contributed by atoms with Gasteiger partial charge >= 0.3 is 5.97 Å². The predicted molar refractivity (Wildman–Crippen MR) is 91.1 cm³/mol. The number of hydrogen-bond donors (Lipinski definition) is 1. The van der Waals surface area contributed by atoms with Crippen LogP contribution in [0, 0.1) is 0 Å². The summed E-state index contributed by atoms with van der Waals surface area (Å²) >= 11 is 0. The van der Waals surface area contributed by atoms with Gasteiger partial charge in [0.1, 0.15) is 0 Å². The van der Waals surface area contributed by atoms with Gasteiger partial charge in [0.25, 0.3) is 0 Å². The van der Waals surface area contributed by atoms with Crippen molar-refractivity contribution in [2.24, 2.45) is 0 Å². The minimum Gasteiger partial charge on any atom is -0.478 e. The van der Waals surface area contributed by atoms with Gasteiger partial charge in [-0.15, -0.1) is 0 Å². The molecule has 0 bridgehead atoms. The molecule has 0 aliphatic carbocycles. The molecule has 0 saturated carbocycles. The number of rotatable bonds is 9. The lowest BCUT2D eigenvalue weighted by Gasteiger charge is -2.50. The van der Waals surface area contributed by atoms with Crippen molar-refractivity contribution >= 4 is 14.0 Å². The summed E-state index contributed by atoms with van der Waals surface area (Å²) in [5, 5.41) is 9.40. The van der Waals surface area contributed by atoms with Crippen LogP contribution in [0.1, 0.15) is 67.7 Å². The summed E-state index contributed by atoms with van der Waals surface area (Å²) in [6.45, 7) is 19.8. The van der Waals surface area contributed by atoms with E-state index in [2.05, 4.69) is 55.0 Å². The van der Waals surface area contributed by atoms with Crippen LogP contribution < -0.4 is 0 Å². The first kappa shape index (κ1) is 19.4. The molecule has 0 aromatic heterocycles. The second kappa shape index (κ2) is 8.01. The Balaban J connectivity index is 5.97. The maximum atomic E-state index is 11.4. The van der Waals surface area contributed by atoms with Crippen LogP contribution in [0.25, 0.3) is 0 Å². The van der Waals surface area contributed by atoms with Crippen LogP contribution in [-0.4, -0.2) is 19.1 Å². The second-order valence-corrected chi connectivity index (χ2v) is 12.3. The number of aliphatic carboxylic acids is 1. The van der Waals surface area contributed by atoms with E-state index in [0.29, 0.717) is 22.2 Å². The van der Waals surface area contributed by atoms with Gasteiger partial charge in [0.15, 0.2) is 0 Å². The van der Waals surface area contributed by atoms with Gasteiger partial charge in [-0.3, -0.25) is 0 Å². The molecule has 0 aromatic rings. The van der Waals surface area contributed by atoms with Gasteiger partial charge in [0.2, 0.25) is 0 Å². The van der Waals surface area contributed by atoms with Crippen LogP contribution in [0.3, 0.4) is 0 Å². The van der Waals surface area contributed by atoms with Gasteiger partial charge in [-0.25, -0.2) is 4.79 Å². The molecular formula is C17H34O2Si. The van der Waals surface area contributed by atoms with E-state index in [1.807, 2.05) is 0 Å². The standard InChI is InChI=1S/C17H34O2Si/c1-9-12(4)20(13(5)10-2,14(6)11-3)16(8)15(7)17(18)19/h12-14,16H,7,9-11H2,1-6,8H3,(H,18,19). The molecule has 4 atom stereocenters. The Morgan fingerprint density at radius 3 is 1.45 bits per heavy atom. The van der Waals surface area contributed by atoms with E-state index in [-0.39, 0.29) is 5.54 Å². The zero-order valence-corrected chi connectivity index (χ0v) is 15.5. The van der Waals surface area contributed by atoms with Crippen molar-refractivity contribution in [2.75, 3.05) is 0 Å². The zero-order valence-electron chi connectivity index (χ0n) is 14.5. The average molecular weight is 299 g/mol. The molecule has 0 rings (SSSR count). The van der Waals surface area contributed by atoms with Crippen molar-refractivity contribution in [1.29, 1.82) is 0 Å². The predicted octanol–water partition coefficient (Wildman–Crippen LogP) is 5.87. The Labute approximate surface area is 126 Å². The molecule has 0 fully saturated rings. The molecule has 0 saturated heterocycles. The summed E-state index contributed by atoms with van der Waals surface area (Å²) in [5.74, 6) is -0.815. The van der Waals surface area contributed by atoms with Gasteiger partial charge in [0, 0.05) is 5.57 Å². The average Bonchev–Trinajstić information content (AvgIpc) is 2.45. The fourth-order valence-electron chi connectivity index (χ4n) is 4.29. The fourth-order valence-corrected chi connectivity index (χ4v) is 12.6. The quantitative estimate of drug-likeness (QED) is 0.427. The lowest BCUT2D eigenvalue weighted by Crippen LogP contribution is -2.51. The third-order valence-corrected chi connectivity index (χ3v) is 14.1. The monoisotopic (exact) mass is 298 g/mol. The van der Waals surface area contributed by atoms with Crippen LogP contribution in [0.5, 0.6) is 0 Å². The van der Waals surface area contributed by atoms with Gasteiger partial charge < -0.3 is 5.11 Å². The van der Waals surface area contributed by atoms with Crippen molar-refractivity contribution < 1.29 is 9.90 Å². The van der Waals surface area contributed by atoms with Crippen LogP contribution in [0.4, 0.5) is 0 Å². The molecule has 1 N–H and O–H groups in total. The molecular weight excluding hydrogens is 264 g/mol. The highest BCUT2D eigenvalue weighted by Crippen LogP contribution is 2.54. The SMILES string of the molecule is C=C(C(=O)O)C(C)[Si](C(C)CC)(C(C)CC)C(C)CC. The molecule has 0 aliphatic heterocycles. The molecule has 0 heterocycles. The van der Waals surface area contributed by atoms with Gasteiger partial charge in [-0.05, 0) is 22.2 Å². The van der Waals surface area contributed by atoms with E-state index in [1.54, 1.807) is 0 Å². The molecule has 0 radical (unpaired) electrons. The zero-order chi connectivity index (χ0) is 16.1. The van der Waals surface area contributed by atoms with Crippen LogP contribution >= 0.6 is 0 Å². The molecule has 20 heavy (non-hydrogen) atoms. The van der Waals surface area contributed by atoms with Crippen molar-refractivity contribution in [1.82, 2.24) is 0 Å². The molecule has 0 amide bonds. The van der Waals surface area contributed by atoms with Crippen LogP contribution in [0.15, 0.2) is 12.2 Å². The Kier molecular flexibility index (Phi) is 7.78. The normalized spacial score (nSPS) is 20.6. The largest absolute Gasteiger partial charge is 0.478 e. The van der Waals surface area contributed by atoms with Crippen LogP contribution in [-0.2, 0) is 4.79 Å². The molecule has 2 nitrogen and oxygen atoms in total. The van der Waals surface area contributed by atoms with Gasteiger partial charge in [-0.1, -0.05) is 74.3 Å². The Hall–Kier alpha value is -0.573. The molecule has 0 aromatic carbocycles. The Bertz CT molecular complexity index is 311. The molecule has 3 heteroatoms. The highest BCUT2D eigenvalue weighted by molar-refractivity contribution is 6.85. The number of carbonyl (C=O) groups is 1. The van der Waals surface area contributed by atoms with Crippen LogP contribution in [0.2, 0.25) is 22.2 Å². The van der Waals surface area contributed by atoms with E-state index in [0.717, 1.165) is 19.3 Å². The lowest BCUT2D eigenvalue weighted by molar-refractivity contribution is -0.132. The Morgan fingerprint density at radius 1 is 0.950 bits per heavy atom. The van der Waals surface area contributed by atoms with Crippen molar-refractivity contribution in [3.63, 3.8) is 0 Å². The van der Waals surface area contributed by atoms with Gasteiger partial charge in [0.05, 0.1) is 8.07 Å². The second-order valence-electron chi connectivity index (χ2n) is 6.48. The van der Waals surface area contributed by atoms with E-state index in [1.165, 1.54) is 0 Å². The Morgan fingerprint density at radius 2 is 1.25 bits per heavy atom. The molecule has 0 aliphatic rings. The minimum atomic E-state index is -1.82. The van der Waals surface area contributed by atoms with Crippen molar-refractivity contribution in [3.05, 3.63) is 12.2 Å². The number of hydrogen-bond acceptors (Lipinski definition) is 1. The van der Waals surface area contributed by atoms with E-state index in [4.69, 9.17) is 0 Å². The van der Waals surface area contributed by atoms with Gasteiger partial charge in [-0.2, -0.15) is 0 Å². The summed E-state index contributed by atoms with van der Waals surface area (Å²) < 4.78 is 0. The van der Waals surface area contributed by atoms with E-state index >= 15 is 0 Å². The summed E-state index contributed by atoms with van der Waals surface area (Å²) in [6, 6.07) is 0. The number of carboxylic acids is 1. The summed E-state index contributed by atoms with van der Waals surface area (Å²) in [5.41, 5.74) is 2.44. The smallest absolute Gasteiger partial charge is 0.330 e. The fraction of sp³-hybridized carbons (Fsp3) is 0.824. The maximum Gasteiger partial charge on any atom is 0.330 e. The number of carboxylic acid groups (broad SMARTS) is 1. The summed E-state index contributed by atoms with van der Waals surface area (Å²) in [4.78, 5) is 11.4. The maximum absolute atomic E-state index is 11.4. The topological polar surface area (TPSA) is 37.3 Å². The van der Waals surface area contributed by atoms with E-state index in [9.17, 15) is 9.90 Å². The minimum absolute atomic E-state index is 0.139.